The molecular formula is C24H19N3O4. The van der Waals surface area contributed by atoms with Gasteiger partial charge in [-0.25, -0.2) is 0 Å². The zero-order valence-electron chi connectivity index (χ0n) is 16.8. The molecule has 31 heavy (non-hydrogen) atoms. The first-order valence-electron chi connectivity index (χ1n) is 9.80. The molecule has 0 bridgehead atoms. The minimum atomic E-state index is -0.636. The molecule has 1 aliphatic carbocycles. The average molecular weight is 413 g/mol. The maximum Gasteiger partial charge on any atom is 0.268 e. The molecule has 4 rings (SSSR count). The molecule has 0 aliphatic heterocycles. The number of carbonyl (C=O) groups is 2. The Bertz CT molecular complexity index is 1280. The molecule has 1 amide bonds. The van der Waals surface area contributed by atoms with Crippen LogP contribution in [0.25, 0.3) is 5.69 Å². The number of rotatable bonds is 4. The lowest BCUT2D eigenvalue weighted by Crippen LogP contribution is -2.33. The molecule has 7 heteroatoms. The monoisotopic (exact) mass is 413 g/mol. The van der Waals surface area contributed by atoms with E-state index in [1.807, 2.05) is 6.07 Å². The summed E-state index contributed by atoms with van der Waals surface area (Å²) in [4.78, 5) is 38.9. The Hall–Kier alpha value is -4.18. The van der Waals surface area contributed by atoms with E-state index in [1.165, 1.54) is 16.7 Å². The standard InChI is InChI=1S/C24H19N3O4/c1-31-18-10-8-17(9-11-18)27-21-6-3-7-22(28)19(21)13-20(24(27)30)23(29)26-16-5-2-4-15(12-16)14-25/h2,4-5,8-13H,3,6-7H2,1H3,(H,26,29). The Kier molecular flexibility index (Phi) is 5.37. The predicted octanol–water partition coefficient (Wildman–Crippen LogP) is 3.49. The second-order valence-electron chi connectivity index (χ2n) is 7.18. The average Bonchev–Trinajstić information content (AvgIpc) is 2.79. The molecule has 1 heterocycles. The van der Waals surface area contributed by atoms with Crippen molar-refractivity contribution in [2.24, 2.45) is 0 Å². The molecule has 1 aromatic heterocycles. The van der Waals surface area contributed by atoms with Gasteiger partial charge in [0.15, 0.2) is 5.78 Å². The zero-order chi connectivity index (χ0) is 22.0. The van der Waals surface area contributed by atoms with Crippen LogP contribution in [0.3, 0.4) is 0 Å². The number of methoxy groups -OCH3 is 1. The smallest absolute Gasteiger partial charge is 0.268 e. The summed E-state index contributed by atoms with van der Waals surface area (Å²) in [6.45, 7) is 0. The van der Waals surface area contributed by atoms with Gasteiger partial charge in [0.2, 0.25) is 0 Å². The number of nitrogens with zero attached hydrogens (tertiary/aromatic N) is 2. The van der Waals surface area contributed by atoms with Crippen LogP contribution < -0.4 is 15.6 Å². The van der Waals surface area contributed by atoms with Crippen molar-refractivity contribution >= 4 is 17.4 Å². The Balaban J connectivity index is 1.84. The fraction of sp³-hybridized carbons (Fsp3) is 0.167. The van der Waals surface area contributed by atoms with Crippen LogP contribution in [0.15, 0.2) is 59.4 Å². The number of Topliss-reactive ketones (excluding diaryl/α,β-unsaturated/α-hetero) is 1. The number of benzene rings is 2. The first-order valence-corrected chi connectivity index (χ1v) is 9.80. The number of ketones is 1. The molecule has 0 atom stereocenters. The predicted molar refractivity (Wildman–Crippen MR) is 115 cm³/mol. The van der Waals surface area contributed by atoms with Crippen LogP contribution in [0.2, 0.25) is 0 Å². The number of aromatic nitrogens is 1. The van der Waals surface area contributed by atoms with Gasteiger partial charge in [-0.15, -0.1) is 0 Å². The van der Waals surface area contributed by atoms with Crippen molar-refractivity contribution in [3.63, 3.8) is 0 Å². The molecule has 0 saturated heterocycles. The number of hydrogen-bond donors (Lipinski definition) is 1. The summed E-state index contributed by atoms with van der Waals surface area (Å²) < 4.78 is 6.62. The summed E-state index contributed by atoms with van der Waals surface area (Å²) in [5.41, 5.74) is 1.68. The number of amides is 1. The largest absolute Gasteiger partial charge is 0.497 e. The van der Waals surface area contributed by atoms with Crippen molar-refractivity contribution in [3.05, 3.63) is 87.3 Å². The van der Waals surface area contributed by atoms with Crippen molar-refractivity contribution in [2.75, 3.05) is 12.4 Å². The van der Waals surface area contributed by atoms with Gasteiger partial charge in [0.1, 0.15) is 11.3 Å². The van der Waals surface area contributed by atoms with Crippen LogP contribution in [-0.4, -0.2) is 23.4 Å². The molecule has 0 saturated carbocycles. The molecule has 1 N–H and O–H groups in total. The van der Waals surface area contributed by atoms with Gasteiger partial charge in [-0.3, -0.25) is 19.0 Å². The van der Waals surface area contributed by atoms with Crippen molar-refractivity contribution < 1.29 is 14.3 Å². The van der Waals surface area contributed by atoms with Gasteiger partial charge in [0.05, 0.1) is 18.7 Å². The van der Waals surface area contributed by atoms with E-state index in [-0.39, 0.29) is 11.3 Å². The highest BCUT2D eigenvalue weighted by Gasteiger charge is 2.26. The maximum absolute atomic E-state index is 13.4. The summed E-state index contributed by atoms with van der Waals surface area (Å²) in [7, 11) is 1.55. The highest BCUT2D eigenvalue weighted by Crippen LogP contribution is 2.25. The Morgan fingerprint density at radius 2 is 1.87 bits per heavy atom. The zero-order valence-corrected chi connectivity index (χ0v) is 16.8. The van der Waals surface area contributed by atoms with E-state index in [0.717, 1.165) is 0 Å². The van der Waals surface area contributed by atoms with Crippen LogP contribution in [0.5, 0.6) is 5.75 Å². The second-order valence-corrected chi connectivity index (χ2v) is 7.18. The second kappa shape index (κ2) is 8.28. The molecule has 0 spiro atoms. The van der Waals surface area contributed by atoms with Gasteiger partial charge in [-0.05, 0) is 61.4 Å². The third kappa shape index (κ3) is 3.83. The topological polar surface area (TPSA) is 101 Å². The number of ether oxygens (including phenoxy) is 1. The lowest BCUT2D eigenvalue weighted by molar-refractivity contribution is 0.0971. The summed E-state index contributed by atoms with van der Waals surface area (Å²) in [6.07, 6.45) is 1.58. The minimum absolute atomic E-state index is 0.0935. The van der Waals surface area contributed by atoms with Gasteiger partial charge in [-0.1, -0.05) is 6.07 Å². The minimum Gasteiger partial charge on any atom is -0.497 e. The van der Waals surface area contributed by atoms with E-state index in [2.05, 4.69) is 5.32 Å². The summed E-state index contributed by atoms with van der Waals surface area (Å²) in [6, 6.07) is 16.7. The quantitative estimate of drug-likeness (QED) is 0.706. The Morgan fingerprint density at radius 1 is 1.10 bits per heavy atom. The van der Waals surface area contributed by atoms with E-state index < -0.39 is 11.5 Å². The SMILES string of the molecule is COc1ccc(-n2c3c(cc(C(=O)Nc4cccc(C#N)c4)c2=O)C(=O)CCC3)cc1. The number of nitriles is 1. The Labute approximate surface area is 178 Å². The normalized spacial score (nSPS) is 12.6. The van der Waals surface area contributed by atoms with Crippen molar-refractivity contribution in [1.29, 1.82) is 5.26 Å². The first kappa shape index (κ1) is 20.1. The molecule has 7 nitrogen and oxygen atoms in total. The molecule has 154 valence electrons. The van der Waals surface area contributed by atoms with E-state index in [0.29, 0.717) is 53.2 Å². The van der Waals surface area contributed by atoms with Crippen molar-refractivity contribution in [3.8, 4) is 17.5 Å². The highest BCUT2D eigenvalue weighted by molar-refractivity contribution is 6.06. The van der Waals surface area contributed by atoms with Crippen molar-refractivity contribution in [2.45, 2.75) is 19.3 Å². The Morgan fingerprint density at radius 3 is 2.58 bits per heavy atom. The lowest BCUT2D eigenvalue weighted by atomic mass is 9.92. The summed E-state index contributed by atoms with van der Waals surface area (Å²) in [5.74, 6) is -0.0967. The van der Waals surface area contributed by atoms with E-state index in [1.54, 1.807) is 49.6 Å². The number of carbonyl (C=O) groups excluding carboxylic acids is 2. The number of nitrogens with one attached hydrogen (secondary N) is 1. The number of pyridine rings is 1. The van der Waals surface area contributed by atoms with E-state index >= 15 is 0 Å². The summed E-state index contributed by atoms with van der Waals surface area (Å²) in [5, 5.41) is 11.7. The highest BCUT2D eigenvalue weighted by atomic mass is 16.5. The number of hydrogen-bond acceptors (Lipinski definition) is 5. The van der Waals surface area contributed by atoms with Crippen molar-refractivity contribution in [1.82, 2.24) is 4.57 Å². The maximum atomic E-state index is 13.4. The molecule has 0 fully saturated rings. The molecule has 1 aliphatic rings. The van der Waals surface area contributed by atoms with E-state index in [4.69, 9.17) is 10.00 Å². The van der Waals surface area contributed by atoms with Crippen LogP contribution >= 0.6 is 0 Å². The van der Waals surface area contributed by atoms with Gasteiger partial charge < -0.3 is 10.1 Å². The third-order valence-corrected chi connectivity index (χ3v) is 5.25. The van der Waals surface area contributed by atoms with Crippen LogP contribution in [0.4, 0.5) is 5.69 Å². The molecule has 0 unspecified atom stereocenters. The van der Waals surface area contributed by atoms with Crippen LogP contribution in [0, 0.1) is 11.3 Å². The molecular weight excluding hydrogens is 394 g/mol. The lowest BCUT2D eigenvalue weighted by Gasteiger charge is -2.21. The fourth-order valence-electron chi connectivity index (χ4n) is 3.72. The molecule has 2 aromatic carbocycles. The van der Waals surface area contributed by atoms with Gasteiger partial charge in [0.25, 0.3) is 11.5 Å². The summed E-state index contributed by atoms with van der Waals surface area (Å²) >= 11 is 0. The van der Waals surface area contributed by atoms with Crippen LogP contribution in [-0.2, 0) is 6.42 Å². The first-order chi connectivity index (χ1) is 15.0. The third-order valence-electron chi connectivity index (χ3n) is 5.25. The van der Waals surface area contributed by atoms with E-state index in [9.17, 15) is 14.4 Å². The number of anilines is 1. The van der Waals surface area contributed by atoms with Crippen LogP contribution in [0.1, 0.15) is 44.8 Å². The number of fused-ring (bicyclic) bond motifs is 1. The van der Waals surface area contributed by atoms with Gasteiger partial charge >= 0.3 is 0 Å². The molecule has 0 radical (unpaired) electrons. The fourth-order valence-corrected chi connectivity index (χ4v) is 3.72. The molecule has 3 aromatic rings. The van der Waals surface area contributed by atoms with Gasteiger partial charge in [0, 0.05) is 29.1 Å². The van der Waals surface area contributed by atoms with Gasteiger partial charge in [-0.2, -0.15) is 5.26 Å².